The number of nitrogens with zero attached hydrogens (tertiary/aromatic N) is 1. The van der Waals surface area contributed by atoms with E-state index in [4.69, 9.17) is 5.26 Å². The molecule has 0 amide bonds. The van der Waals surface area contributed by atoms with Crippen molar-refractivity contribution in [1.29, 1.82) is 5.26 Å². The fourth-order valence-electron chi connectivity index (χ4n) is 1.63. The molecule has 0 heterocycles. The van der Waals surface area contributed by atoms with Gasteiger partial charge in [-0.3, -0.25) is 0 Å². The number of anilines is 1. The normalized spacial score (nSPS) is 12.2. The van der Waals surface area contributed by atoms with Gasteiger partial charge < -0.3 is 5.32 Å². The smallest absolute Gasteiger partial charge is 0.0643 e. The first kappa shape index (κ1) is 12.6. The predicted molar refractivity (Wildman–Crippen MR) is 68.5 cm³/mol. The molecule has 0 saturated heterocycles. The molecule has 0 aliphatic carbocycles. The van der Waals surface area contributed by atoms with Gasteiger partial charge in [0.1, 0.15) is 0 Å². The van der Waals surface area contributed by atoms with Gasteiger partial charge in [-0.25, -0.2) is 0 Å². The lowest BCUT2D eigenvalue weighted by Crippen LogP contribution is -2.17. The lowest BCUT2D eigenvalue weighted by Gasteiger charge is -2.16. The highest BCUT2D eigenvalue weighted by Gasteiger charge is 2.06. The van der Waals surface area contributed by atoms with Crippen molar-refractivity contribution in [3.63, 3.8) is 0 Å². The molecule has 1 N–H and O–H groups in total. The van der Waals surface area contributed by atoms with E-state index in [0.717, 1.165) is 12.1 Å². The maximum atomic E-state index is 8.70. The van der Waals surface area contributed by atoms with Crippen LogP contribution < -0.4 is 5.32 Å². The summed E-state index contributed by atoms with van der Waals surface area (Å²) < 4.78 is 0. The van der Waals surface area contributed by atoms with Crippen LogP contribution in [0.5, 0.6) is 0 Å². The molecule has 0 radical (unpaired) electrons. The minimum absolute atomic E-state index is 0.257. The summed E-state index contributed by atoms with van der Waals surface area (Å²) in [5.41, 5.74) is 2.45. The molecule has 1 aromatic carbocycles. The highest BCUT2D eigenvalue weighted by Crippen LogP contribution is 2.19. The monoisotopic (exact) mass is 216 g/mol. The van der Waals surface area contributed by atoms with Crippen LogP contribution in [0.1, 0.15) is 45.1 Å². The Morgan fingerprint density at radius 1 is 1.38 bits per heavy atom. The Kier molecular flexibility index (Phi) is 4.85. The van der Waals surface area contributed by atoms with Gasteiger partial charge in [0, 0.05) is 11.7 Å². The van der Waals surface area contributed by atoms with Crippen LogP contribution in [0.25, 0.3) is 0 Å². The second kappa shape index (κ2) is 6.17. The molecule has 0 aromatic heterocycles. The predicted octanol–water partition coefficient (Wildman–Crippen LogP) is 3.91. The lowest BCUT2D eigenvalue weighted by molar-refractivity contribution is 0.710. The van der Waals surface area contributed by atoms with Crippen LogP contribution >= 0.6 is 0 Å². The summed E-state index contributed by atoms with van der Waals surface area (Å²) in [7, 11) is 0. The Labute approximate surface area is 98.3 Å². The Hall–Kier alpha value is -1.49. The summed E-state index contributed by atoms with van der Waals surface area (Å²) >= 11 is 0. The van der Waals surface area contributed by atoms with Crippen LogP contribution in [0.2, 0.25) is 0 Å². The third-order valence-corrected chi connectivity index (χ3v) is 2.75. The zero-order chi connectivity index (χ0) is 12.0. The standard InChI is InChI=1S/C14H20N2/c1-4-13(8-9-15)16-14-7-5-6-12(10-14)11(2)3/h5-7,10-11,13,16H,4,8H2,1-3H3. The van der Waals surface area contributed by atoms with Gasteiger partial charge in [-0.2, -0.15) is 5.26 Å². The van der Waals surface area contributed by atoms with E-state index in [1.54, 1.807) is 0 Å². The first-order valence-corrected chi connectivity index (χ1v) is 5.90. The topological polar surface area (TPSA) is 35.8 Å². The van der Waals surface area contributed by atoms with Crippen LogP contribution in [0.15, 0.2) is 24.3 Å². The van der Waals surface area contributed by atoms with Crippen molar-refractivity contribution in [3.05, 3.63) is 29.8 Å². The Bertz CT molecular complexity index is 363. The van der Waals surface area contributed by atoms with E-state index in [2.05, 4.69) is 56.4 Å². The van der Waals surface area contributed by atoms with Gasteiger partial charge >= 0.3 is 0 Å². The third kappa shape index (κ3) is 3.58. The van der Waals surface area contributed by atoms with Gasteiger partial charge in [0.2, 0.25) is 0 Å². The van der Waals surface area contributed by atoms with Crippen LogP contribution in [-0.4, -0.2) is 6.04 Å². The summed E-state index contributed by atoms with van der Waals surface area (Å²) in [6.45, 7) is 6.47. The lowest BCUT2D eigenvalue weighted by atomic mass is 10.0. The van der Waals surface area contributed by atoms with Gasteiger partial charge in [0.15, 0.2) is 0 Å². The quantitative estimate of drug-likeness (QED) is 0.809. The molecule has 1 atom stereocenters. The number of hydrogen-bond acceptors (Lipinski definition) is 2. The minimum atomic E-state index is 0.257. The van der Waals surface area contributed by atoms with Gasteiger partial charge in [-0.05, 0) is 30.0 Å². The summed E-state index contributed by atoms with van der Waals surface area (Å²) in [6.07, 6.45) is 1.53. The van der Waals surface area contributed by atoms with E-state index in [9.17, 15) is 0 Å². The van der Waals surface area contributed by atoms with Crippen LogP contribution in [0.4, 0.5) is 5.69 Å². The molecule has 0 aliphatic rings. The summed E-state index contributed by atoms with van der Waals surface area (Å²) in [6, 6.07) is 10.9. The van der Waals surface area contributed by atoms with Crippen LogP contribution in [0, 0.1) is 11.3 Å². The minimum Gasteiger partial charge on any atom is -0.381 e. The molecule has 0 aliphatic heterocycles. The Morgan fingerprint density at radius 2 is 2.12 bits per heavy atom. The Balaban J connectivity index is 2.73. The largest absolute Gasteiger partial charge is 0.381 e. The number of nitriles is 1. The molecule has 0 saturated carbocycles. The van der Waals surface area contributed by atoms with E-state index in [-0.39, 0.29) is 6.04 Å². The van der Waals surface area contributed by atoms with E-state index < -0.39 is 0 Å². The van der Waals surface area contributed by atoms with E-state index >= 15 is 0 Å². The van der Waals surface area contributed by atoms with Gasteiger partial charge in [-0.1, -0.05) is 32.9 Å². The number of hydrogen-bond donors (Lipinski definition) is 1. The Morgan fingerprint density at radius 3 is 2.69 bits per heavy atom. The van der Waals surface area contributed by atoms with E-state index in [1.165, 1.54) is 5.56 Å². The summed E-state index contributed by atoms with van der Waals surface area (Å²) in [5.74, 6) is 0.540. The highest BCUT2D eigenvalue weighted by molar-refractivity contribution is 5.47. The first-order chi connectivity index (χ1) is 7.67. The zero-order valence-corrected chi connectivity index (χ0v) is 10.3. The molecule has 2 heteroatoms. The van der Waals surface area contributed by atoms with Crippen LogP contribution in [-0.2, 0) is 0 Å². The molecule has 16 heavy (non-hydrogen) atoms. The summed E-state index contributed by atoms with van der Waals surface area (Å²) in [5, 5.41) is 12.1. The van der Waals surface area contributed by atoms with Crippen molar-refractivity contribution in [2.24, 2.45) is 0 Å². The average molecular weight is 216 g/mol. The van der Waals surface area contributed by atoms with Crippen LogP contribution in [0.3, 0.4) is 0 Å². The second-order valence-corrected chi connectivity index (χ2v) is 4.39. The molecule has 2 nitrogen and oxygen atoms in total. The molecular weight excluding hydrogens is 196 g/mol. The molecule has 0 fully saturated rings. The molecule has 0 spiro atoms. The van der Waals surface area contributed by atoms with E-state index in [1.807, 2.05) is 0 Å². The molecule has 86 valence electrons. The molecule has 1 aromatic rings. The average Bonchev–Trinajstić information content (AvgIpc) is 2.29. The van der Waals surface area contributed by atoms with Crippen molar-refractivity contribution >= 4 is 5.69 Å². The number of rotatable bonds is 5. The van der Waals surface area contributed by atoms with Gasteiger partial charge in [0.25, 0.3) is 0 Å². The molecule has 0 bridgehead atoms. The first-order valence-electron chi connectivity index (χ1n) is 5.90. The molecule has 1 unspecified atom stereocenters. The highest BCUT2D eigenvalue weighted by atomic mass is 14.9. The second-order valence-electron chi connectivity index (χ2n) is 4.39. The fourth-order valence-corrected chi connectivity index (χ4v) is 1.63. The zero-order valence-electron chi connectivity index (χ0n) is 10.3. The fraction of sp³-hybridized carbons (Fsp3) is 0.500. The van der Waals surface area contributed by atoms with Gasteiger partial charge in [0.05, 0.1) is 12.5 Å². The molecular formula is C14H20N2. The van der Waals surface area contributed by atoms with Crippen molar-refractivity contribution in [2.45, 2.75) is 45.6 Å². The van der Waals surface area contributed by atoms with Crippen molar-refractivity contribution in [1.82, 2.24) is 0 Å². The van der Waals surface area contributed by atoms with Gasteiger partial charge in [-0.15, -0.1) is 0 Å². The summed E-state index contributed by atoms with van der Waals surface area (Å²) in [4.78, 5) is 0. The number of nitrogens with one attached hydrogen (secondary N) is 1. The van der Waals surface area contributed by atoms with Crippen molar-refractivity contribution in [2.75, 3.05) is 5.32 Å². The third-order valence-electron chi connectivity index (χ3n) is 2.75. The maximum Gasteiger partial charge on any atom is 0.0643 e. The maximum absolute atomic E-state index is 8.70. The van der Waals surface area contributed by atoms with Crippen molar-refractivity contribution < 1.29 is 0 Å². The van der Waals surface area contributed by atoms with E-state index in [0.29, 0.717) is 12.3 Å². The van der Waals surface area contributed by atoms with Crippen molar-refractivity contribution in [3.8, 4) is 6.07 Å². The molecule has 1 rings (SSSR count). The number of benzene rings is 1. The SMILES string of the molecule is CCC(CC#N)Nc1cccc(C(C)C)c1.